The van der Waals surface area contributed by atoms with Crippen LogP contribution in [0.2, 0.25) is 0 Å². The third kappa shape index (κ3) is 3.71. The molecule has 4 N–H and O–H groups in total. The number of primary sulfonamides is 2. The third-order valence-electron chi connectivity index (χ3n) is 5.52. The van der Waals surface area contributed by atoms with Crippen LogP contribution < -0.4 is 10.3 Å². The van der Waals surface area contributed by atoms with E-state index >= 15 is 0 Å². The molecule has 8 heteroatoms. The summed E-state index contributed by atoms with van der Waals surface area (Å²) in [6.45, 7) is 3.63. The molecule has 0 amide bonds. The second-order valence-electron chi connectivity index (χ2n) is 7.67. The minimum absolute atomic E-state index is 0.00921. The van der Waals surface area contributed by atoms with Gasteiger partial charge in [0.25, 0.3) is 0 Å². The van der Waals surface area contributed by atoms with E-state index in [1.54, 1.807) is 67.6 Å². The molecule has 0 unspecified atom stereocenters. The average molecular weight is 467 g/mol. The Balaban J connectivity index is 2.45. The zero-order valence-electron chi connectivity index (χ0n) is 17.5. The van der Waals surface area contributed by atoms with Crippen LogP contribution in [0.1, 0.15) is 11.1 Å². The van der Waals surface area contributed by atoms with Gasteiger partial charge in [0.1, 0.15) is 0 Å². The molecule has 0 saturated heterocycles. The molecule has 0 aliphatic heterocycles. The smallest absolute Gasteiger partial charge is 0.225 e. The highest BCUT2D eigenvalue weighted by molar-refractivity contribution is 7.90. The van der Waals surface area contributed by atoms with Crippen LogP contribution in [-0.2, 0) is 20.0 Å². The number of aryl methyl sites for hydroxylation is 2. The second-order valence-corrected chi connectivity index (χ2v) is 10.7. The van der Waals surface area contributed by atoms with Gasteiger partial charge >= 0.3 is 0 Å². The van der Waals surface area contributed by atoms with Crippen molar-refractivity contribution in [1.29, 1.82) is 0 Å². The first kappa shape index (κ1) is 22.2. The van der Waals surface area contributed by atoms with Crippen LogP contribution in [-0.4, -0.2) is 16.8 Å². The standard InChI is InChI=1S/C24H22N2O4S2/c1-15-9-3-5-11-17(15)21-19-13-7-8-14-20(19)23(31(25,27)28)22(24(21)32(26,29)30)18-12-6-4-10-16(18)2/h3-14H,1-2H3,(H2,25,27,28)(H2,26,29,30). The molecule has 0 aliphatic carbocycles. The molecule has 0 heterocycles. The first-order valence-electron chi connectivity index (χ1n) is 9.78. The van der Waals surface area contributed by atoms with E-state index in [9.17, 15) is 16.8 Å². The Labute approximate surface area is 187 Å². The number of sulfonamides is 2. The Morgan fingerprint density at radius 1 is 0.531 bits per heavy atom. The quantitative estimate of drug-likeness (QED) is 0.471. The van der Waals surface area contributed by atoms with Crippen LogP contribution in [0.15, 0.2) is 82.6 Å². The van der Waals surface area contributed by atoms with E-state index in [4.69, 9.17) is 10.3 Å². The van der Waals surface area contributed by atoms with Gasteiger partial charge in [-0.25, -0.2) is 27.1 Å². The summed E-state index contributed by atoms with van der Waals surface area (Å²) in [5.74, 6) is 0. The first-order chi connectivity index (χ1) is 15.0. The van der Waals surface area contributed by atoms with E-state index in [-0.39, 0.29) is 15.4 Å². The van der Waals surface area contributed by atoms with Crippen LogP contribution in [0.4, 0.5) is 0 Å². The van der Waals surface area contributed by atoms with Crippen LogP contribution in [0.5, 0.6) is 0 Å². The van der Waals surface area contributed by atoms with Crippen molar-refractivity contribution in [3.63, 3.8) is 0 Å². The van der Waals surface area contributed by atoms with Gasteiger partial charge in [-0.05, 0) is 41.5 Å². The Hall–Kier alpha value is -3.04. The van der Waals surface area contributed by atoms with Crippen LogP contribution >= 0.6 is 0 Å². The number of nitrogens with two attached hydrogens (primary N) is 2. The Kier molecular flexibility index (Phi) is 5.42. The van der Waals surface area contributed by atoms with Crippen LogP contribution in [0.3, 0.4) is 0 Å². The summed E-state index contributed by atoms with van der Waals surface area (Å²) in [4.78, 5) is -0.521. The highest BCUT2D eigenvalue weighted by Crippen LogP contribution is 2.46. The van der Waals surface area contributed by atoms with Gasteiger partial charge in [-0.2, -0.15) is 0 Å². The predicted octanol–water partition coefficient (Wildman–Crippen LogP) is 4.09. The predicted molar refractivity (Wildman–Crippen MR) is 127 cm³/mol. The molecule has 0 atom stereocenters. The van der Waals surface area contributed by atoms with E-state index in [1.807, 2.05) is 19.1 Å². The Bertz CT molecular complexity index is 1590. The lowest BCUT2D eigenvalue weighted by molar-refractivity contribution is 0.597. The lowest BCUT2D eigenvalue weighted by atomic mass is 9.89. The van der Waals surface area contributed by atoms with Gasteiger partial charge in [0.15, 0.2) is 0 Å². The Morgan fingerprint density at radius 2 is 0.938 bits per heavy atom. The van der Waals surface area contributed by atoms with Gasteiger partial charge < -0.3 is 0 Å². The fraction of sp³-hybridized carbons (Fsp3) is 0.0833. The van der Waals surface area contributed by atoms with Crippen LogP contribution in [0.25, 0.3) is 33.0 Å². The molecule has 4 aromatic carbocycles. The second kappa shape index (κ2) is 7.83. The summed E-state index contributed by atoms with van der Waals surface area (Å²) in [6, 6.07) is 21.0. The van der Waals surface area contributed by atoms with Crippen molar-refractivity contribution in [3.05, 3.63) is 83.9 Å². The molecule has 0 aromatic heterocycles. The summed E-state index contributed by atoms with van der Waals surface area (Å²) in [5.41, 5.74) is 2.93. The molecule has 32 heavy (non-hydrogen) atoms. The van der Waals surface area contributed by atoms with Gasteiger partial charge in [0.2, 0.25) is 20.0 Å². The summed E-state index contributed by atoms with van der Waals surface area (Å²) in [5, 5.41) is 12.2. The van der Waals surface area contributed by atoms with Crippen molar-refractivity contribution in [3.8, 4) is 22.3 Å². The monoisotopic (exact) mass is 466 g/mol. The molecule has 0 fully saturated rings. The molecule has 0 radical (unpaired) electrons. The fourth-order valence-corrected chi connectivity index (χ4v) is 6.23. The number of fused-ring (bicyclic) bond motifs is 1. The molecule has 0 bridgehead atoms. The maximum Gasteiger partial charge on any atom is 0.239 e. The fourth-order valence-electron chi connectivity index (χ4n) is 4.18. The summed E-state index contributed by atoms with van der Waals surface area (Å²) >= 11 is 0. The largest absolute Gasteiger partial charge is 0.239 e. The third-order valence-corrected chi connectivity index (χ3v) is 7.49. The van der Waals surface area contributed by atoms with Crippen molar-refractivity contribution in [1.82, 2.24) is 0 Å². The minimum Gasteiger partial charge on any atom is -0.225 e. The topological polar surface area (TPSA) is 120 Å². The lowest BCUT2D eigenvalue weighted by Crippen LogP contribution is -2.20. The molecule has 4 rings (SSSR count). The van der Waals surface area contributed by atoms with Crippen molar-refractivity contribution in [2.75, 3.05) is 0 Å². The lowest BCUT2D eigenvalue weighted by Gasteiger charge is -2.22. The van der Waals surface area contributed by atoms with Crippen LogP contribution in [0, 0.1) is 13.8 Å². The van der Waals surface area contributed by atoms with Crippen molar-refractivity contribution in [2.24, 2.45) is 10.3 Å². The SMILES string of the molecule is Cc1ccccc1-c1c(S(N)(=O)=O)c(-c2ccccc2C)c2ccccc2c1S(N)(=O)=O. The van der Waals surface area contributed by atoms with Gasteiger partial charge in [0, 0.05) is 16.5 Å². The zero-order valence-corrected chi connectivity index (χ0v) is 19.2. The maximum atomic E-state index is 13.1. The highest BCUT2D eigenvalue weighted by Gasteiger charge is 2.32. The summed E-state index contributed by atoms with van der Waals surface area (Å²) in [6.07, 6.45) is 0. The van der Waals surface area contributed by atoms with E-state index in [2.05, 4.69) is 0 Å². The van der Waals surface area contributed by atoms with Gasteiger partial charge in [0.05, 0.1) is 9.79 Å². The van der Waals surface area contributed by atoms with Crippen molar-refractivity contribution in [2.45, 2.75) is 23.6 Å². The molecule has 6 nitrogen and oxygen atoms in total. The van der Waals surface area contributed by atoms with E-state index < -0.39 is 20.0 Å². The van der Waals surface area contributed by atoms with E-state index in [0.717, 1.165) is 5.56 Å². The summed E-state index contributed by atoms with van der Waals surface area (Å²) < 4.78 is 52.0. The summed E-state index contributed by atoms with van der Waals surface area (Å²) in [7, 11) is -8.73. The molecule has 4 aromatic rings. The number of rotatable bonds is 4. The van der Waals surface area contributed by atoms with Gasteiger partial charge in [-0.1, -0.05) is 72.8 Å². The normalized spacial score (nSPS) is 12.2. The van der Waals surface area contributed by atoms with Gasteiger partial charge in [-0.3, -0.25) is 0 Å². The number of hydrogen-bond donors (Lipinski definition) is 2. The molecule has 164 valence electrons. The average Bonchev–Trinajstić information content (AvgIpc) is 2.71. The first-order valence-corrected chi connectivity index (χ1v) is 12.9. The van der Waals surface area contributed by atoms with Crippen molar-refractivity contribution < 1.29 is 16.8 Å². The van der Waals surface area contributed by atoms with Gasteiger partial charge in [-0.15, -0.1) is 0 Å². The molecule has 0 aliphatic rings. The molecule has 0 saturated carbocycles. The highest BCUT2D eigenvalue weighted by atomic mass is 32.2. The zero-order chi connectivity index (χ0) is 23.3. The van der Waals surface area contributed by atoms with Crippen molar-refractivity contribution >= 4 is 30.8 Å². The molecule has 0 spiro atoms. The molecular formula is C24H22N2O4S2. The Morgan fingerprint density at radius 3 is 1.41 bits per heavy atom. The van der Waals surface area contributed by atoms with E-state index in [0.29, 0.717) is 33.0 Å². The van der Waals surface area contributed by atoms with E-state index in [1.165, 1.54) is 0 Å². The maximum absolute atomic E-state index is 13.1. The minimum atomic E-state index is -4.39. The molecular weight excluding hydrogens is 444 g/mol. The number of benzene rings is 4. The number of hydrogen-bond acceptors (Lipinski definition) is 4.